The molecule has 0 bridgehead atoms. The number of benzene rings is 1. The molecule has 27 heavy (non-hydrogen) atoms. The van der Waals surface area contributed by atoms with E-state index in [1.54, 1.807) is 24.3 Å². The summed E-state index contributed by atoms with van der Waals surface area (Å²) in [6, 6.07) is 6.85. The highest BCUT2D eigenvalue weighted by molar-refractivity contribution is 7.90. The fourth-order valence-corrected chi connectivity index (χ4v) is 4.07. The molecular formula is C19H30N2O5S. The standard InChI is InChI=1S/C19H30N2O5S/c1-3-21(15-19(22)23)16-9-12-20(13-10-16)11-4-14-26-17-5-7-18(8-6-17)27(2,24)25/h5-8,16H,3-4,9-15H2,1-2H3,(H,22,23). The van der Waals surface area contributed by atoms with E-state index in [1.165, 1.54) is 6.26 Å². The monoisotopic (exact) mass is 398 g/mol. The minimum Gasteiger partial charge on any atom is -0.494 e. The van der Waals surface area contributed by atoms with Gasteiger partial charge in [0.2, 0.25) is 0 Å². The molecule has 0 amide bonds. The molecule has 0 atom stereocenters. The summed E-state index contributed by atoms with van der Waals surface area (Å²) in [6.45, 7) is 6.37. The Morgan fingerprint density at radius 3 is 2.41 bits per heavy atom. The zero-order valence-electron chi connectivity index (χ0n) is 16.1. The van der Waals surface area contributed by atoms with Crippen LogP contribution in [-0.4, -0.2) is 80.9 Å². The van der Waals surface area contributed by atoms with Crippen LogP contribution in [0.25, 0.3) is 0 Å². The highest BCUT2D eigenvalue weighted by atomic mass is 32.2. The highest BCUT2D eigenvalue weighted by Crippen LogP contribution is 2.18. The number of rotatable bonds is 10. The Morgan fingerprint density at radius 1 is 1.26 bits per heavy atom. The lowest BCUT2D eigenvalue weighted by atomic mass is 10.0. The molecule has 1 heterocycles. The SMILES string of the molecule is CCN(CC(=O)O)C1CCN(CCCOc2ccc(S(C)(=O)=O)cc2)CC1. The van der Waals surface area contributed by atoms with Crippen molar-refractivity contribution >= 4 is 15.8 Å². The van der Waals surface area contributed by atoms with Crippen molar-refractivity contribution in [2.75, 3.05) is 45.6 Å². The summed E-state index contributed by atoms with van der Waals surface area (Å²) < 4.78 is 28.6. The van der Waals surface area contributed by atoms with Crippen LogP contribution in [0.5, 0.6) is 5.75 Å². The van der Waals surface area contributed by atoms with Crippen molar-refractivity contribution in [3.63, 3.8) is 0 Å². The van der Waals surface area contributed by atoms with E-state index in [1.807, 2.05) is 11.8 Å². The van der Waals surface area contributed by atoms with Crippen molar-refractivity contribution in [2.45, 2.75) is 37.1 Å². The van der Waals surface area contributed by atoms with Gasteiger partial charge < -0.3 is 14.7 Å². The number of aliphatic carboxylic acids is 1. The minimum absolute atomic E-state index is 0.118. The summed E-state index contributed by atoms with van der Waals surface area (Å²) in [6.07, 6.45) is 4.07. The van der Waals surface area contributed by atoms with Crippen molar-refractivity contribution in [3.05, 3.63) is 24.3 Å². The molecule has 1 aliphatic heterocycles. The first kappa shape index (κ1) is 21.7. The molecule has 2 rings (SSSR count). The predicted octanol–water partition coefficient (Wildman–Crippen LogP) is 1.73. The molecule has 0 radical (unpaired) electrons. The molecule has 8 heteroatoms. The molecule has 7 nitrogen and oxygen atoms in total. The molecule has 0 saturated carbocycles. The first-order valence-electron chi connectivity index (χ1n) is 9.40. The second kappa shape index (κ2) is 10.1. The highest BCUT2D eigenvalue weighted by Gasteiger charge is 2.24. The summed E-state index contributed by atoms with van der Waals surface area (Å²) >= 11 is 0. The minimum atomic E-state index is -3.18. The summed E-state index contributed by atoms with van der Waals surface area (Å²) in [5.74, 6) is -0.0886. The van der Waals surface area contributed by atoms with E-state index in [4.69, 9.17) is 9.84 Å². The third-order valence-corrected chi connectivity index (χ3v) is 6.09. The van der Waals surface area contributed by atoms with Crippen LogP contribution < -0.4 is 4.74 Å². The van der Waals surface area contributed by atoms with Gasteiger partial charge in [0.15, 0.2) is 9.84 Å². The van der Waals surface area contributed by atoms with Crippen LogP contribution in [0.3, 0.4) is 0 Å². The summed E-state index contributed by atoms with van der Waals surface area (Å²) in [5.41, 5.74) is 0. The Morgan fingerprint density at radius 2 is 1.89 bits per heavy atom. The largest absolute Gasteiger partial charge is 0.494 e. The zero-order chi connectivity index (χ0) is 19.9. The maximum atomic E-state index is 11.4. The molecular weight excluding hydrogens is 368 g/mol. The number of hydrogen-bond donors (Lipinski definition) is 1. The number of likely N-dealkylation sites (N-methyl/N-ethyl adjacent to an activating group) is 1. The smallest absolute Gasteiger partial charge is 0.317 e. The number of carboxylic acid groups (broad SMARTS) is 1. The van der Waals surface area contributed by atoms with E-state index in [0.717, 1.165) is 45.4 Å². The van der Waals surface area contributed by atoms with Gasteiger partial charge in [-0.1, -0.05) is 6.92 Å². The van der Waals surface area contributed by atoms with Crippen molar-refractivity contribution in [2.24, 2.45) is 0 Å². The fraction of sp³-hybridized carbons (Fsp3) is 0.632. The molecule has 0 unspecified atom stereocenters. The average Bonchev–Trinajstić information content (AvgIpc) is 2.63. The quantitative estimate of drug-likeness (QED) is 0.601. The third-order valence-electron chi connectivity index (χ3n) is 4.96. The molecule has 1 N–H and O–H groups in total. The molecule has 1 aromatic rings. The Bertz CT molecular complexity index is 697. The second-order valence-electron chi connectivity index (χ2n) is 6.98. The van der Waals surface area contributed by atoms with Crippen LogP contribution in [0, 0.1) is 0 Å². The Hall–Kier alpha value is -1.64. The molecule has 0 aliphatic carbocycles. The van der Waals surface area contributed by atoms with E-state index in [2.05, 4.69) is 4.90 Å². The first-order chi connectivity index (χ1) is 12.8. The Labute approximate surface area is 161 Å². The fourth-order valence-electron chi connectivity index (χ4n) is 3.44. The maximum absolute atomic E-state index is 11.4. The van der Waals surface area contributed by atoms with Crippen LogP contribution in [0.4, 0.5) is 0 Å². The molecule has 152 valence electrons. The number of ether oxygens (including phenoxy) is 1. The number of likely N-dealkylation sites (tertiary alicyclic amines) is 1. The number of nitrogens with zero attached hydrogens (tertiary/aromatic N) is 2. The van der Waals surface area contributed by atoms with E-state index in [0.29, 0.717) is 23.3 Å². The van der Waals surface area contributed by atoms with E-state index in [-0.39, 0.29) is 6.54 Å². The van der Waals surface area contributed by atoms with Crippen molar-refractivity contribution in [1.82, 2.24) is 9.80 Å². The van der Waals surface area contributed by atoms with E-state index in [9.17, 15) is 13.2 Å². The van der Waals surface area contributed by atoms with E-state index < -0.39 is 15.8 Å². The summed E-state index contributed by atoms with van der Waals surface area (Å²) in [5, 5.41) is 8.99. The predicted molar refractivity (Wildman–Crippen MR) is 104 cm³/mol. The van der Waals surface area contributed by atoms with Gasteiger partial charge in [0.05, 0.1) is 18.0 Å². The van der Waals surface area contributed by atoms with Crippen LogP contribution in [0.2, 0.25) is 0 Å². The van der Waals surface area contributed by atoms with Gasteiger partial charge in [-0.25, -0.2) is 8.42 Å². The van der Waals surface area contributed by atoms with Crippen molar-refractivity contribution in [1.29, 1.82) is 0 Å². The first-order valence-corrected chi connectivity index (χ1v) is 11.3. The number of hydrogen-bond acceptors (Lipinski definition) is 6. The van der Waals surface area contributed by atoms with Gasteiger partial charge >= 0.3 is 5.97 Å². The maximum Gasteiger partial charge on any atom is 0.317 e. The lowest BCUT2D eigenvalue weighted by molar-refractivity contribution is -0.139. The van der Waals surface area contributed by atoms with Crippen LogP contribution in [0.1, 0.15) is 26.2 Å². The van der Waals surface area contributed by atoms with Crippen LogP contribution in [-0.2, 0) is 14.6 Å². The van der Waals surface area contributed by atoms with Crippen molar-refractivity contribution in [3.8, 4) is 5.75 Å². The molecule has 1 fully saturated rings. The normalized spacial score (nSPS) is 16.6. The number of sulfone groups is 1. The number of carbonyl (C=O) groups is 1. The van der Waals surface area contributed by atoms with Gasteiger partial charge in [-0.2, -0.15) is 0 Å². The number of carboxylic acids is 1. The second-order valence-corrected chi connectivity index (χ2v) is 8.99. The molecule has 1 aromatic carbocycles. The summed E-state index contributed by atoms with van der Waals surface area (Å²) in [4.78, 5) is 15.7. The lowest BCUT2D eigenvalue weighted by Crippen LogP contribution is -2.46. The van der Waals surface area contributed by atoms with E-state index >= 15 is 0 Å². The van der Waals surface area contributed by atoms with Crippen LogP contribution >= 0.6 is 0 Å². The zero-order valence-corrected chi connectivity index (χ0v) is 17.0. The van der Waals surface area contributed by atoms with Crippen molar-refractivity contribution < 1.29 is 23.1 Å². The van der Waals surface area contributed by atoms with Gasteiger partial charge in [-0.3, -0.25) is 9.69 Å². The van der Waals surface area contributed by atoms with Crippen LogP contribution in [0.15, 0.2) is 29.2 Å². The summed E-state index contributed by atoms with van der Waals surface area (Å²) in [7, 11) is -3.18. The van der Waals surface area contributed by atoms with Gasteiger partial charge in [0.25, 0.3) is 0 Å². The van der Waals surface area contributed by atoms with Gasteiger partial charge in [-0.05, 0) is 63.2 Å². The Kier molecular flexibility index (Phi) is 8.07. The molecule has 1 saturated heterocycles. The molecule has 1 aliphatic rings. The topological polar surface area (TPSA) is 87.2 Å². The number of piperidine rings is 1. The third kappa shape index (κ3) is 7.12. The lowest BCUT2D eigenvalue weighted by Gasteiger charge is -2.37. The van der Waals surface area contributed by atoms with Gasteiger partial charge in [0.1, 0.15) is 5.75 Å². The Balaban J connectivity index is 1.66. The van der Waals surface area contributed by atoms with Gasteiger partial charge in [-0.15, -0.1) is 0 Å². The molecule has 0 spiro atoms. The molecule has 0 aromatic heterocycles. The van der Waals surface area contributed by atoms with Gasteiger partial charge in [0, 0.05) is 18.8 Å². The average molecular weight is 399 g/mol.